The van der Waals surface area contributed by atoms with Crippen molar-refractivity contribution in [3.05, 3.63) is 53.2 Å². The van der Waals surface area contributed by atoms with Gasteiger partial charge >= 0.3 is 0 Å². The van der Waals surface area contributed by atoms with E-state index in [1.54, 1.807) is 25.1 Å². The van der Waals surface area contributed by atoms with Crippen molar-refractivity contribution in [3.8, 4) is 11.3 Å². The van der Waals surface area contributed by atoms with Crippen LogP contribution in [0.1, 0.15) is 11.1 Å². The molecule has 0 saturated carbocycles. The van der Waals surface area contributed by atoms with Gasteiger partial charge in [0.2, 0.25) is 0 Å². The Morgan fingerprint density at radius 1 is 1.29 bits per heavy atom. The van der Waals surface area contributed by atoms with Crippen LogP contribution in [0.3, 0.4) is 0 Å². The van der Waals surface area contributed by atoms with Crippen molar-refractivity contribution in [3.63, 3.8) is 0 Å². The second-order valence-electron chi connectivity index (χ2n) is 3.76. The largest absolute Gasteiger partial charge is 0.392 e. The van der Waals surface area contributed by atoms with Crippen molar-refractivity contribution in [2.24, 2.45) is 0 Å². The van der Waals surface area contributed by atoms with Gasteiger partial charge in [0.25, 0.3) is 0 Å². The van der Waals surface area contributed by atoms with Gasteiger partial charge in [-0.25, -0.2) is 8.78 Å². The van der Waals surface area contributed by atoms with Gasteiger partial charge in [0.05, 0.1) is 18.5 Å². The highest BCUT2D eigenvalue weighted by atomic mass is 19.1. The highest BCUT2D eigenvalue weighted by Crippen LogP contribution is 2.24. The van der Waals surface area contributed by atoms with Crippen LogP contribution in [0.4, 0.5) is 8.78 Å². The predicted molar refractivity (Wildman–Crippen MR) is 60.2 cm³/mol. The standard InChI is InChI=1S/C13H11F2NO/c1-8-3-2-4-10(13(8)15)12-5-9(7-17)11(14)6-16-12/h2-6,17H,7H2,1H3. The molecule has 0 unspecified atom stereocenters. The molecule has 0 bridgehead atoms. The summed E-state index contributed by atoms with van der Waals surface area (Å²) >= 11 is 0. The van der Waals surface area contributed by atoms with Crippen molar-refractivity contribution in [1.82, 2.24) is 4.98 Å². The lowest BCUT2D eigenvalue weighted by atomic mass is 10.1. The van der Waals surface area contributed by atoms with E-state index in [-0.39, 0.29) is 11.4 Å². The SMILES string of the molecule is Cc1cccc(-c2cc(CO)c(F)cn2)c1F. The molecule has 1 aromatic heterocycles. The number of hydrogen-bond acceptors (Lipinski definition) is 2. The normalized spacial score (nSPS) is 10.6. The Labute approximate surface area is 97.6 Å². The van der Waals surface area contributed by atoms with Gasteiger partial charge in [-0.1, -0.05) is 12.1 Å². The Bertz CT molecular complexity index is 555. The molecule has 1 N–H and O–H groups in total. The topological polar surface area (TPSA) is 33.1 Å². The quantitative estimate of drug-likeness (QED) is 0.868. The molecule has 0 radical (unpaired) electrons. The number of halogens is 2. The van der Waals surface area contributed by atoms with Crippen LogP contribution < -0.4 is 0 Å². The summed E-state index contributed by atoms with van der Waals surface area (Å²) in [6.07, 6.45) is 0.989. The van der Waals surface area contributed by atoms with Crippen molar-refractivity contribution in [2.45, 2.75) is 13.5 Å². The van der Waals surface area contributed by atoms with Crippen molar-refractivity contribution >= 4 is 0 Å². The average Bonchev–Trinajstić information content (AvgIpc) is 2.34. The van der Waals surface area contributed by atoms with E-state index >= 15 is 0 Å². The van der Waals surface area contributed by atoms with E-state index in [1.807, 2.05) is 0 Å². The first-order chi connectivity index (χ1) is 8.13. The summed E-state index contributed by atoms with van der Waals surface area (Å²) in [6.45, 7) is 1.21. The maximum Gasteiger partial charge on any atom is 0.147 e. The molecule has 0 spiro atoms. The molecule has 88 valence electrons. The number of aromatic nitrogens is 1. The van der Waals surface area contributed by atoms with E-state index in [1.165, 1.54) is 6.07 Å². The molecule has 1 heterocycles. The highest BCUT2D eigenvalue weighted by Gasteiger charge is 2.11. The van der Waals surface area contributed by atoms with Crippen molar-refractivity contribution in [1.29, 1.82) is 0 Å². The summed E-state index contributed by atoms with van der Waals surface area (Å²) in [6, 6.07) is 6.28. The van der Waals surface area contributed by atoms with E-state index in [9.17, 15) is 8.78 Å². The van der Waals surface area contributed by atoms with E-state index in [0.717, 1.165) is 6.20 Å². The number of aliphatic hydroxyl groups is 1. The van der Waals surface area contributed by atoms with Crippen LogP contribution in [0.2, 0.25) is 0 Å². The molecule has 17 heavy (non-hydrogen) atoms. The Balaban J connectivity index is 2.57. The highest BCUT2D eigenvalue weighted by molar-refractivity contribution is 5.61. The van der Waals surface area contributed by atoms with Crippen LogP contribution >= 0.6 is 0 Å². The lowest BCUT2D eigenvalue weighted by molar-refractivity contribution is 0.275. The lowest BCUT2D eigenvalue weighted by Crippen LogP contribution is -1.96. The van der Waals surface area contributed by atoms with Gasteiger partial charge in [0.15, 0.2) is 0 Å². The average molecular weight is 235 g/mol. The van der Waals surface area contributed by atoms with Gasteiger partial charge in [-0.15, -0.1) is 0 Å². The molecule has 0 aliphatic carbocycles. The molecule has 0 aliphatic rings. The predicted octanol–water partition coefficient (Wildman–Crippen LogP) is 2.83. The first-order valence-corrected chi connectivity index (χ1v) is 5.14. The maximum absolute atomic E-state index is 13.8. The van der Waals surface area contributed by atoms with Crippen LogP contribution in [-0.2, 0) is 6.61 Å². The minimum absolute atomic E-state index is 0.107. The summed E-state index contributed by atoms with van der Waals surface area (Å²) in [5.74, 6) is -0.972. The zero-order valence-electron chi connectivity index (χ0n) is 9.24. The minimum Gasteiger partial charge on any atom is -0.392 e. The molecule has 2 nitrogen and oxygen atoms in total. The molecule has 4 heteroatoms. The number of aliphatic hydroxyl groups excluding tert-OH is 1. The van der Waals surface area contributed by atoms with Crippen LogP contribution in [0, 0.1) is 18.6 Å². The van der Waals surface area contributed by atoms with Gasteiger partial charge in [-0.05, 0) is 24.6 Å². The van der Waals surface area contributed by atoms with Gasteiger partial charge in [0.1, 0.15) is 11.6 Å². The van der Waals surface area contributed by atoms with Crippen molar-refractivity contribution in [2.75, 3.05) is 0 Å². The first kappa shape index (κ1) is 11.7. The number of pyridine rings is 1. The van der Waals surface area contributed by atoms with E-state index in [0.29, 0.717) is 16.8 Å². The van der Waals surface area contributed by atoms with Crippen LogP contribution in [0.25, 0.3) is 11.3 Å². The van der Waals surface area contributed by atoms with Crippen LogP contribution in [0.15, 0.2) is 30.5 Å². The monoisotopic (exact) mass is 235 g/mol. The number of benzene rings is 1. The molecule has 1 aromatic carbocycles. The number of rotatable bonds is 2. The zero-order chi connectivity index (χ0) is 12.4. The molecule has 0 amide bonds. The molecule has 2 rings (SSSR count). The molecular formula is C13H11F2NO. The second-order valence-corrected chi connectivity index (χ2v) is 3.76. The molecule has 0 atom stereocenters. The third-order valence-corrected chi connectivity index (χ3v) is 2.57. The fourth-order valence-electron chi connectivity index (χ4n) is 1.59. The van der Waals surface area contributed by atoms with E-state index in [2.05, 4.69) is 4.98 Å². The number of nitrogens with zero attached hydrogens (tertiary/aromatic N) is 1. The zero-order valence-corrected chi connectivity index (χ0v) is 9.24. The van der Waals surface area contributed by atoms with Gasteiger partial charge in [0, 0.05) is 11.1 Å². The number of hydrogen-bond donors (Lipinski definition) is 1. The molecular weight excluding hydrogens is 224 g/mol. The Morgan fingerprint density at radius 2 is 2.06 bits per heavy atom. The lowest BCUT2D eigenvalue weighted by Gasteiger charge is -2.06. The smallest absolute Gasteiger partial charge is 0.147 e. The number of aryl methyl sites for hydroxylation is 1. The molecule has 2 aromatic rings. The molecule has 0 fully saturated rings. The third-order valence-electron chi connectivity index (χ3n) is 2.57. The second kappa shape index (κ2) is 4.59. The third kappa shape index (κ3) is 2.17. The summed E-state index contributed by atoms with van der Waals surface area (Å²) in [5.41, 5.74) is 1.23. The fourth-order valence-corrected chi connectivity index (χ4v) is 1.59. The van der Waals surface area contributed by atoms with E-state index in [4.69, 9.17) is 5.11 Å². The fraction of sp³-hybridized carbons (Fsp3) is 0.154. The summed E-state index contributed by atoms with van der Waals surface area (Å²) < 4.78 is 27.0. The summed E-state index contributed by atoms with van der Waals surface area (Å²) in [7, 11) is 0. The summed E-state index contributed by atoms with van der Waals surface area (Å²) in [4.78, 5) is 3.83. The Hall–Kier alpha value is -1.81. The Kier molecular flexibility index (Phi) is 3.15. The van der Waals surface area contributed by atoms with Gasteiger partial charge in [-0.3, -0.25) is 4.98 Å². The van der Waals surface area contributed by atoms with E-state index < -0.39 is 12.4 Å². The van der Waals surface area contributed by atoms with Crippen LogP contribution in [-0.4, -0.2) is 10.1 Å². The van der Waals surface area contributed by atoms with Gasteiger partial charge < -0.3 is 5.11 Å². The van der Waals surface area contributed by atoms with Crippen LogP contribution in [0.5, 0.6) is 0 Å². The Morgan fingerprint density at radius 3 is 2.76 bits per heavy atom. The van der Waals surface area contributed by atoms with Gasteiger partial charge in [-0.2, -0.15) is 0 Å². The first-order valence-electron chi connectivity index (χ1n) is 5.14. The summed E-state index contributed by atoms with van der Waals surface area (Å²) in [5, 5.41) is 8.95. The molecule has 0 saturated heterocycles. The molecule has 0 aliphatic heterocycles. The maximum atomic E-state index is 13.8. The van der Waals surface area contributed by atoms with Crippen molar-refractivity contribution < 1.29 is 13.9 Å². The minimum atomic E-state index is -0.593.